The molecular formula is C13H16ClFN4O. The third kappa shape index (κ3) is 3.01. The molecule has 0 saturated carbocycles. The number of amides is 1. The zero-order valence-corrected chi connectivity index (χ0v) is 11.9. The van der Waals surface area contributed by atoms with Crippen LogP contribution in [0, 0.1) is 5.82 Å². The molecule has 0 atom stereocenters. The van der Waals surface area contributed by atoms with Crippen LogP contribution in [0.1, 0.15) is 19.8 Å². The number of imidazole rings is 1. The Morgan fingerprint density at radius 1 is 1.55 bits per heavy atom. The number of benzene rings is 1. The average molecular weight is 299 g/mol. The highest BCUT2D eigenvalue weighted by molar-refractivity contribution is 6.31. The van der Waals surface area contributed by atoms with E-state index < -0.39 is 5.82 Å². The first-order valence-corrected chi connectivity index (χ1v) is 6.78. The fourth-order valence-corrected chi connectivity index (χ4v) is 2.10. The quantitative estimate of drug-likeness (QED) is 0.890. The van der Waals surface area contributed by atoms with E-state index in [9.17, 15) is 9.18 Å². The lowest BCUT2D eigenvalue weighted by Gasteiger charge is -2.07. The van der Waals surface area contributed by atoms with Gasteiger partial charge in [-0.2, -0.15) is 0 Å². The number of anilines is 1. The molecule has 2 rings (SSSR count). The third-order valence-electron chi connectivity index (χ3n) is 2.95. The Morgan fingerprint density at radius 2 is 2.30 bits per heavy atom. The Kier molecular flexibility index (Phi) is 4.44. The summed E-state index contributed by atoms with van der Waals surface area (Å²) < 4.78 is 15.0. The Labute approximate surface area is 120 Å². The van der Waals surface area contributed by atoms with Crippen LogP contribution in [-0.2, 0) is 11.3 Å². The molecule has 0 aliphatic carbocycles. The predicted octanol–water partition coefficient (Wildman–Crippen LogP) is 2.33. The molecular weight excluding hydrogens is 283 g/mol. The van der Waals surface area contributed by atoms with E-state index in [1.807, 2.05) is 6.92 Å². The van der Waals surface area contributed by atoms with Gasteiger partial charge in [0.25, 0.3) is 0 Å². The molecule has 5 nitrogen and oxygen atoms in total. The first kappa shape index (κ1) is 14.6. The second-order valence-corrected chi connectivity index (χ2v) is 4.88. The summed E-state index contributed by atoms with van der Waals surface area (Å²) in [5.74, 6) is -0.351. The molecule has 0 spiro atoms. The van der Waals surface area contributed by atoms with Crippen LogP contribution in [0.5, 0.6) is 0 Å². The van der Waals surface area contributed by atoms with Crippen molar-refractivity contribution in [3.05, 3.63) is 23.0 Å². The molecule has 1 amide bonds. The topological polar surface area (TPSA) is 72.9 Å². The van der Waals surface area contributed by atoms with E-state index in [1.54, 1.807) is 4.57 Å². The summed E-state index contributed by atoms with van der Waals surface area (Å²) in [4.78, 5) is 15.7. The van der Waals surface area contributed by atoms with Crippen molar-refractivity contribution in [2.75, 3.05) is 12.3 Å². The van der Waals surface area contributed by atoms with Crippen LogP contribution >= 0.6 is 11.6 Å². The number of aryl methyl sites for hydroxylation is 1. The number of halogens is 2. The molecule has 1 aromatic heterocycles. The summed E-state index contributed by atoms with van der Waals surface area (Å²) in [6.07, 6.45) is 1.17. The third-order valence-corrected chi connectivity index (χ3v) is 3.24. The second-order valence-electron chi connectivity index (χ2n) is 4.48. The number of rotatable bonds is 5. The zero-order valence-electron chi connectivity index (χ0n) is 11.1. The van der Waals surface area contributed by atoms with Crippen molar-refractivity contribution >= 4 is 34.5 Å². The molecule has 1 aromatic carbocycles. The summed E-state index contributed by atoms with van der Waals surface area (Å²) in [5, 5.41) is 2.79. The first-order chi connectivity index (χ1) is 9.52. The normalized spacial score (nSPS) is 10.9. The number of nitrogens with two attached hydrogens (primary N) is 1. The highest BCUT2D eigenvalue weighted by Crippen LogP contribution is 2.24. The van der Waals surface area contributed by atoms with E-state index in [1.165, 1.54) is 12.1 Å². The molecule has 7 heteroatoms. The van der Waals surface area contributed by atoms with Gasteiger partial charge in [0.05, 0.1) is 16.1 Å². The Morgan fingerprint density at radius 3 is 3.00 bits per heavy atom. The van der Waals surface area contributed by atoms with Gasteiger partial charge in [-0.05, 0) is 12.5 Å². The standard InChI is InChI=1S/C13H16ClFN4O/c1-2-4-17-12(20)3-5-19-11-6-8(14)9(15)7-10(11)18-13(19)16/h6-7H,2-5H2,1H3,(H2,16,18)(H,17,20). The Balaban J connectivity index is 2.19. The maximum atomic E-state index is 13.4. The smallest absolute Gasteiger partial charge is 0.221 e. The van der Waals surface area contributed by atoms with Gasteiger partial charge < -0.3 is 15.6 Å². The summed E-state index contributed by atoms with van der Waals surface area (Å²) in [5.41, 5.74) is 6.85. The van der Waals surface area contributed by atoms with E-state index in [-0.39, 0.29) is 23.3 Å². The van der Waals surface area contributed by atoms with E-state index in [2.05, 4.69) is 10.3 Å². The molecule has 1 heterocycles. The van der Waals surface area contributed by atoms with Gasteiger partial charge in [0.1, 0.15) is 5.82 Å². The molecule has 0 unspecified atom stereocenters. The van der Waals surface area contributed by atoms with Gasteiger partial charge in [0.2, 0.25) is 11.9 Å². The molecule has 0 aliphatic heterocycles. The summed E-state index contributed by atoms with van der Waals surface area (Å²) in [6, 6.07) is 2.71. The van der Waals surface area contributed by atoms with Crippen molar-refractivity contribution in [2.45, 2.75) is 26.3 Å². The first-order valence-electron chi connectivity index (χ1n) is 6.40. The largest absolute Gasteiger partial charge is 0.369 e. The number of nitrogens with zero attached hydrogens (tertiary/aromatic N) is 2. The van der Waals surface area contributed by atoms with Gasteiger partial charge in [0.15, 0.2) is 0 Å². The molecule has 20 heavy (non-hydrogen) atoms. The fraction of sp³-hybridized carbons (Fsp3) is 0.385. The number of hydrogen-bond acceptors (Lipinski definition) is 3. The highest BCUT2D eigenvalue weighted by Gasteiger charge is 2.12. The Bertz CT molecular complexity index is 641. The van der Waals surface area contributed by atoms with E-state index in [0.717, 1.165) is 6.42 Å². The van der Waals surface area contributed by atoms with Gasteiger partial charge >= 0.3 is 0 Å². The molecule has 0 radical (unpaired) electrons. The summed E-state index contributed by atoms with van der Waals surface area (Å²) in [7, 11) is 0. The van der Waals surface area contributed by atoms with Crippen LogP contribution < -0.4 is 11.1 Å². The van der Waals surface area contributed by atoms with Crippen LogP contribution in [0.25, 0.3) is 11.0 Å². The SMILES string of the molecule is CCCNC(=O)CCn1c(N)nc2cc(F)c(Cl)cc21. The lowest BCUT2D eigenvalue weighted by Crippen LogP contribution is -2.25. The van der Waals surface area contributed by atoms with Gasteiger partial charge in [-0.1, -0.05) is 18.5 Å². The van der Waals surface area contributed by atoms with Gasteiger partial charge in [0, 0.05) is 25.6 Å². The number of carbonyl (C=O) groups excluding carboxylic acids is 1. The zero-order chi connectivity index (χ0) is 14.7. The number of nitrogens with one attached hydrogen (secondary N) is 1. The predicted molar refractivity (Wildman–Crippen MR) is 77.0 cm³/mol. The van der Waals surface area contributed by atoms with Gasteiger partial charge in [-0.25, -0.2) is 9.37 Å². The minimum atomic E-state index is -0.537. The molecule has 3 N–H and O–H groups in total. The van der Waals surface area contributed by atoms with Crippen molar-refractivity contribution in [3.8, 4) is 0 Å². The number of nitrogen functional groups attached to an aromatic ring is 1. The van der Waals surface area contributed by atoms with Crippen LogP contribution in [-0.4, -0.2) is 22.0 Å². The van der Waals surface area contributed by atoms with Crippen molar-refractivity contribution in [1.82, 2.24) is 14.9 Å². The molecule has 2 aromatic rings. The minimum absolute atomic E-state index is 0.00841. The van der Waals surface area contributed by atoms with E-state index >= 15 is 0 Å². The Hall–Kier alpha value is -1.82. The number of aromatic nitrogens is 2. The minimum Gasteiger partial charge on any atom is -0.369 e. The molecule has 0 saturated heterocycles. The van der Waals surface area contributed by atoms with Crippen molar-refractivity contribution in [1.29, 1.82) is 0 Å². The number of hydrogen-bond donors (Lipinski definition) is 2. The summed E-state index contributed by atoms with van der Waals surface area (Å²) in [6.45, 7) is 3.01. The second kappa shape index (κ2) is 6.09. The van der Waals surface area contributed by atoms with E-state index in [0.29, 0.717) is 24.1 Å². The number of fused-ring (bicyclic) bond motifs is 1. The van der Waals surface area contributed by atoms with Crippen LogP contribution in [0.4, 0.5) is 10.3 Å². The van der Waals surface area contributed by atoms with Gasteiger partial charge in [-0.15, -0.1) is 0 Å². The molecule has 0 aliphatic rings. The lowest BCUT2D eigenvalue weighted by molar-refractivity contribution is -0.121. The van der Waals surface area contributed by atoms with Crippen LogP contribution in [0.15, 0.2) is 12.1 Å². The molecule has 108 valence electrons. The molecule has 0 bridgehead atoms. The monoisotopic (exact) mass is 298 g/mol. The van der Waals surface area contributed by atoms with Crippen molar-refractivity contribution in [3.63, 3.8) is 0 Å². The van der Waals surface area contributed by atoms with E-state index in [4.69, 9.17) is 17.3 Å². The van der Waals surface area contributed by atoms with Gasteiger partial charge in [-0.3, -0.25) is 4.79 Å². The maximum absolute atomic E-state index is 13.4. The van der Waals surface area contributed by atoms with Crippen LogP contribution in [0.2, 0.25) is 5.02 Å². The van der Waals surface area contributed by atoms with Crippen molar-refractivity contribution in [2.24, 2.45) is 0 Å². The lowest BCUT2D eigenvalue weighted by atomic mass is 10.3. The number of carbonyl (C=O) groups is 1. The maximum Gasteiger partial charge on any atom is 0.221 e. The molecule has 0 fully saturated rings. The van der Waals surface area contributed by atoms with Crippen LogP contribution in [0.3, 0.4) is 0 Å². The highest BCUT2D eigenvalue weighted by atomic mass is 35.5. The van der Waals surface area contributed by atoms with Crippen molar-refractivity contribution < 1.29 is 9.18 Å². The summed E-state index contributed by atoms with van der Waals surface area (Å²) >= 11 is 5.76. The average Bonchev–Trinajstić information content (AvgIpc) is 2.70. The fourth-order valence-electron chi connectivity index (χ4n) is 1.94.